The van der Waals surface area contributed by atoms with Crippen LogP contribution in [0, 0.1) is 0 Å². The first-order valence-corrected chi connectivity index (χ1v) is 11.5. The van der Waals surface area contributed by atoms with Gasteiger partial charge in [-0.15, -0.1) is 0 Å². The third-order valence-corrected chi connectivity index (χ3v) is 9.58. The first kappa shape index (κ1) is 20.4. The van der Waals surface area contributed by atoms with E-state index in [-0.39, 0.29) is 11.6 Å². The van der Waals surface area contributed by atoms with Crippen LogP contribution in [0.3, 0.4) is 0 Å². The van der Waals surface area contributed by atoms with Gasteiger partial charge in [0, 0.05) is 0 Å². The Kier molecular flexibility index (Phi) is 6.29. The van der Waals surface area contributed by atoms with E-state index in [2.05, 4.69) is 33.9 Å². The molecule has 5 atom stereocenters. The smallest absolute Gasteiger partial charge is 0.229 e. The van der Waals surface area contributed by atoms with E-state index in [9.17, 15) is 15.3 Å². The summed E-state index contributed by atoms with van der Waals surface area (Å²) < 4.78 is 17.4. The number of rotatable bonds is 5. The molecule has 2 rings (SSSR count). The van der Waals surface area contributed by atoms with Gasteiger partial charge in [-0.2, -0.15) is 0 Å². The monoisotopic (exact) mass is 370 g/mol. The van der Waals surface area contributed by atoms with Crippen molar-refractivity contribution in [3.63, 3.8) is 0 Å². The number of aliphatic hydroxyl groups excluding tert-OH is 3. The van der Waals surface area contributed by atoms with Crippen molar-refractivity contribution in [2.75, 3.05) is 6.61 Å². The SMILES string of the molecule is CC(C)(C)[Si](C)(C)OC[C@@H]1O[C@@H](Oc2ccccc2)[C@H](O)[C@H](O)[C@H]1O. The summed E-state index contributed by atoms with van der Waals surface area (Å²) in [5.74, 6) is 0.513. The van der Waals surface area contributed by atoms with E-state index in [0.29, 0.717) is 5.75 Å². The highest BCUT2D eigenvalue weighted by Crippen LogP contribution is 2.37. The van der Waals surface area contributed by atoms with Crippen LogP contribution in [0.4, 0.5) is 0 Å². The van der Waals surface area contributed by atoms with E-state index in [1.807, 2.05) is 6.07 Å². The normalized spacial score (nSPS) is 31.0. The summed E-state index contributed by atoms with van der Waals surface area (Å²) in [6.07, 6.45) is -5.81. The van der Waals surface area contributed by atoms with Crippen molar-refractivity contribution in [1.29, 1.82) is 0 Å². The average Bonchev–Trinajstić information content (AvgIpc) is 2.54. The fraction of sp³-hybridized carbons (Fsp3) is 0.667. The molecule has 25 heavy (non-hydrogen) atoms. The van der Waals surface area contributed by atoms with Gasteiger partial charge in [0.05, 0.1) is 6.61 Å². The molecule has 0 spiro atoms. The third kappa shape index (κ3) is 4.81. The van der Waals surface area contributed by atoms with Crippen molar-refractivity contribution < 1.29 is 29.2 Å². The topological polar surface area (TPSA) is 88.4 Å². The van der Waals surface area contributed by atoms with E-state index < -0.39 is 39.0 Å². The van der Waals surface area contributed by atoms with Gasteiger partial charge in [0.25, 0.3) is 0 Å². The zero-order valence-electron chi connectivity index (χ0n) is 15.5. The summed E-state index contributed by atoms with van der Waals surface area (Å²) in [7, 11) is -2.03. The minimum Gasteiger partial charge on any atom is -0.462 e. The maximum atomic E-state index is 10.2. The Hall–Kier alpha value is -0.963. The Labute approximate surface area is 150 Å². The summed E-state index contributed by atoms with van der Waals surface area (Å²) in [6.45, 7) is 10.7. The first-order valence-electron chi connectivity index (χ1n) is 8.58. The van der Waals surface area contributed by atoms with Crippen molar-refractivity contribution in [3.05, 3.63) is 30.3 Å². The summed E-state index contributed by atoms with van der Waals surface area (Å²) in [5, 5.41) is 30.6. The molecule has 0 aromatic heterocycles. The van der Waals surface area contributed by atoms with Crippen LogP contribution in [0.15, 0.2) is 30.3 Å². The third-order valence-electron chi connectivity index (χ3n) is 5.08. The van der Waals surface area contributed by atoms with Gasteiger partial charge in [-0.25, -0.2) is 0 Å². The molecule has 6 nitrogen and oxygen atoms in total. The van der Waals surface area contributed by atoms with Gasteiger partial charge in [0.15, 0.2) is 8.32 Å². The lowest BCUT2D eigenvalue weighted by Gasteiger charge is -2.42. The molecule has 1 saturated heterocycles. The molecule has 0 unspecified atom stereocenters. The van der Waals surface area contributed by atoms with Gasteiger partial charge in [0.1, 0.15) is 30.2 Å². The van der Waals surface area contributed by atoms with Gasteiger partial charge >= 0.3 is 0 Å². The van der Waals surface area contributed by atoms with Crippen LogP contribution in [0.2, 0.25) is 18.1 Å². The van der Waals surface area contributed by atoms with Gasteiger partial charge < -0.3 is 29.2 Å². The maximum Gasteiger partial charge on any atom is 0.229 e. The molecule has 1 aromatic carbocycles. The molecular weight excluding hydrogens is 340 g/mol. The van der Waals surface area contributed by atoms with E-state index in [0.717, 1.165) is 0 Å². The van der Waals surface area contributed by atoms with Gasteiger partial charge in [-0.05, 0) is 30.3 Å². The zero-order valence-corrected chi connectivity index (χ0v) is 16.5. The second kappa shape index (κ2) is 7.73. The summed E-state index contributed by atoms with van der Waals surface area (Å²) in [5.41, 5.74) is 0. The summed E-state index contributed by atoms with van der Waals surface area (Å²) >= 11 is 0. The molecule has 1 aromatic rings. The van der Waals surface area contributed by atoms with Gasteiger partial charge in [-0.3, -0.25) is 0 Å². The standard InChI is InChI=1S/C18H30O6Si/c1-18(2,3)25(4,5)22-11-13-14(19)15(20)16(21)17(24-13)23-12-9-7-6-8-10-12/h6-10,13-17,19-21H,11H2,1-5H3/t13-,14-,15+,16+,17+/m0/s1. The van der Waals surface area contributed by atoms with Crippen LogP contribution in [-0.4, -0.2) is 60.9 Å². The van der Waals surface area contributed by atoms with Crippen molar-refractivity contribution in [2.24, 2.45) is 0 Å². The lowest BCUT2D eigenvalue weighted by atomic mass is 9.99. The minimum atomic E-state index is -2.03. The lowest BCUT2D eigenvalue weighted by molar-refractivity contribution is -0.276. The van der Waals surface area contributed by atoms with E-state index >= 15 is 0 Å². The van der Waals surface area contributed by atoms with Crippen molar-refractivity contribution in [1.82, 2.24) is 0 Å². The Morgan fingerprint density at radius 3 is 2.16 bits per heavy atom. The number of hydrogen-bond acceptors (Lipinski definition) is 6. The Morgan fingerprint density at radius 1 is 1.00 bits per heavy atom. The second-order valence-corrected chi connectivity index (χ2v) is 12.8. The summed E-state index contributed by atoms with van der Waals surface area (Å²) in [6, 6.07) is 8.91. The number of benzene rings is 1. The van der Waals surface area contributed by atoms with Crippen LogP contribution in [0.1, 0.15) is 20.8 Å². The van der Waals surface area contributed by atoms with Crippen LogP contribution >= 0.6 is 0 Å². The van der Waals surface area contributed by atoms with Gasteiger partial charge in [0.2, 0.25) is 6.29 Å². The average molecular weight is 371 g/mol. The number of hydrogen-bond donors (Lipinski definition) is 3. The number of aliphatic hydroxyl groups is 3. The molecule has 1 heterocycles. The predicted octanol–water partition coefficient (Wildman–Crippen LogP) is 1.89. The summed E-state index contributed by atoms with van der Waals surface area (Å²) in [4.78, 5) is 0. The molecule has 0 radical (unpaired) electrons. The van der Waals surface area contributed by atoms with Crippen LogP contribution < -0.4 is 4.74 Å². The molecule has 1 fully saturated rings. The number of para-hydroxylation sites is 1. The number of ether oxygens (including phenoxy) is 2. The molecule has 142 valence electrons. The maximum absolute atomic E-state index is 10.2. The van der Waals surface area contributed by atoms with Crippen LogP contribution in [0.25, 0.3) is 0 Å². The molecule has 3 N–H and O–H groups in total. The van der Waals surface area contributed by atoms with E-state index in [4.69, 9.17) is 13.9 Å². The fourth-order valence-electron chi connectivity index (χ4n) is 2.29. The van der Waals surface area contributed by atoms with Crippen LogP contribution in [0.5, 0.6) is 5.75 Å². The molecule has 7 heteroatoms. The van der Waals surface area contributed by atoms with Gasteiger partial charge in [-0.1, -0.05) is 39.0 Å². The molecule has 0 aliphatic carbocycles. The van der Waals surface area contributed by atoms with Crippen molar-refractivity contribution >= 4 is 8.32 Å². The van der Waals surface area contributed by atoms with Crippen molar-refractivity contribution in [2.45, 2.75) is 69.6 Å². The lowest BCUT2D eigenvalue weighted by Crippen LogP contribution is -2.61. The Balaban J connectivity index is 2.05. The first-order chi connectivity index (χ1) is 11.5. The predicted molar refractivity (Wildman–Crippen MR) is 96.9 cm³/mol. The molecule has 0 saturated carbocycles. The van der Waals surface area contributed by atoms with E-state index in [1.165, 1.54) is 0 Å². The molecule has 0 amide bonds. The highest BCUT2D eigenvalue weighted by molar-refractivity contribution is 6.74. The molecule has 1 aliphatic heterocycles. The Bertz CT molecular complexity index is 544. The molecular formula is C18H30O6Si. The highest BCUT2D eigenvalue weighted by atomic mass is 28.4. The largest absolute Gasteiger partial charge is 0.462 e. The highest BCUT2D eigenvalue weighted by Gasteiger charge is 2.46. The quantitative estimate of drug-likeness (QED) is 0.686. The minimum absolute atomic E-state index is 0.0185. The molecule has 1 aliphatic rings. The fourth-order valence-corrected chi connectivity index (χ4v) is 3.31. The second-order valence-electron chi connectivity index (χ2n) is 8.02. The Morgan fingerprint density at radius 2 is 1.60 bits per heavy atom. The van der Waals surface area contributed by atoms with Crippen molar-refractivity contribution in [3.8, 4) is 5.75 Å². The molecule has 0 bridgehead atoms. The van der Waals surface area contributed by atoms with E-state index in [1.54, 1.807) is 24.3 Å². The zero-order chi connectivity index (χ0) is 18.8. The van der Waals surface area contributed by atoms with Crippen LogP contribution in [-0.2, 0) is 9.16 Å².